The Labute approximate surface area is 187 Å². The lowest BCUT2D eigenvalue weighted by atomic mass is 9.76. The number of carbonyl (C=O) groups excluding carboxylic acids is 1. The first-order valence-electron chi connectivity index (χ1n) is 11.0. The fourth-order valence-corrected chi connectivity index (χ4v) is 4.82. The fraction of sp³-hybridized carbons (Fsp3) is 0.222. The summed E-state index contributed by atoms with van der Waals surface area (Å²) in [6, 6.07) is 20.7. The Kier molecular flexibility index (Phi) is 5.31. The van der Waals surface area contributed by atoms with Crippen molar-refractivity contribution < 1.29 is 14.6 Å². The Balaban J connectivity index is 1.46. The van der Waals surface area contributed by atoms with Crippen LogP contribution in [0.25, 0.3) is 0 Å². The lowest BCUT2D eigenvalue weighted by molar-refractivity contribution is 0.102. The van der Waals surface area contributed by atoms with E-state index >= 15 is 0 Å². The van der Waals surface area contributed by atoms with Gasteiger partial charge in [-0.15, -0.1) is 0 Å². The Morgan fingerprint density at radius 1 is 1.09 bits per heavy atom. The molecule has 1 heterocycles. The normalized spacial score (nSPS) is 20.7. The molecule has 1 amide bonds. The predicted molar refractivity (Wildman–Crippen MR) is 126 cm³/mol. The Morgan fingerprint density at radius 2 is 1.88 bits per heavy atom. The Bertz CT molecular complexity index is 1150. The van der Waals surface area contributed by atoms with E-state index < -0.39 is 0 Å². The summed E-state index contributed by atoms with van der Waals surface area (Å²) in [5.41, 5.74) is 4.48. The summed E-state index contributed by atoms with van der Waals surface area (Å²) in [5, 5.41) is 16.4. The van der Waals surface area contributed by atoms with Crippen LogP contribution in [0.1, 0.15) is 46.8 Å². The van der Waals surface area contributed by atoms with Crippen LogP contribution in [-0.4, -0.2) is 17.6 Å². The van der Waals surface area contributed by atoms with Crippen LogP contribution in [-0.2, 0) is 0 Å². The lowest BCUT2D eigenvalue weighted by Gasteiger charge is -2.38. The van der Waals surface area contributed by atoms with Crippen LogP contribution in [0.3, 0.4) is 0 Å². The molecule has 0 fully saturated rings. The summed E-state index contributed by atoms with van der Waals surface area (Å²) in [4.78, 5) is 13.2. The minimum absolute atomic E-state index is 0.0579. The molecule has 3 N–H and O–H groups in total. The third-order valence-corrected chi connectivity index (χ3v) is 6.32. The number of phenolic OH excluding ortho intramolecular Hbond substituents is 1. The number of amides is 1. The van der Waals surface area contributed by atoms with Crippen molar-refractivity contribution in [2.45, 2.75) is 25.3 Å². The minimum atomic E-state index is -0.150. The van der Waals surface area contributed by atoms with Crippen molar-refractivity contribution in [2.75, 3.05) is 17.2 Å². The summed E-state index contributed by atoms with van der Waals surface area (Å²) < 4.78 is 5.48. The first-order chi connectivity index (χ1) is 15.6. The molecular weight excluding hydrogens is 400 g/mol. The van der Waals surface area contributed by atoms with Crippen molar-refractivity contribution in [3.8, 4) is 11.5 Å². The summed E-state index contributed by atoms with van der Waals surface area (Å²) in [5.74, 6) is 1.50. The smallest absolute Gasteiger partial charge is 0.257 e. The second kappa shape index (κ2) is 8.42. The second-order valence-corrected chi connectivity index (χ2v) is 8.25. The maximum Gasteiger partial charge on any atom is 0.257 e. The number of hydrogen-bond donors (Lipinski definition) is 3. The molecule has 5 heteroatoms. The van der Waals surface area contributed by atoms with E-state index in [0.29, 0.717) is 18.1 Å². The minimum Gasteiger partial charge on any atom is -0.508 e. The molecule has 0 saturated heterocycles. The van der Waals surface area contributed by atoms with Crippen molar-refractivity contribution in [3.05, 3.63) is 95.6 Å². The monoisotopic (exact) mass is 426 g/mol. The molecule has 3 unspecified atom stereocenters. The number of hydrogen-bond acceptors (Lipinski definition) is 4. The predicted octanol–water partition coefficient (Wildman–Crippen LogP) is 5.87. The summed E-state index contributed by atoms with van der Waals surface area (Å²) >= 11 is 0. The van der Waals surface area contributed by atoms with Gasteiger partial charge in [0.1, 0.15) is 11.5 Å². The zero-order chi connectivity index (χ0) is 22.1. The number of carbonyl (C=O) groups is 1. The number of aromatic hydroxyl groups is 1. The van der Waals surface area contributed by atoms with Gasteiger partial charge in [0.05, 0.1) is 23.9 Å². The molecule has 0 aromatic heterocycles. The maximum absolute atomic E-state index is 13.2. The van der Waals surface area contributed by atoms with Crippen molar-refractivity contribution in [1.82, 2.24) is 0 Å². The van der Waals surface area contributed by atoms with Crippen molar-refractivity contribution in [3.63, 3.8) is 0 Å². The molecule has 0 saturated carbocycles. The van der Waals surface area contributed by atoms with E-state index in [1.165, 1.54) is 0 Å². The molecule has 162 valence electrons. The van der Waals surface area contributed by atoms with E-state index in [0.717, 1.165) is 34.7 Å². The number of nitrogens with one attached hydrogen (secondary N) is 2. The molecule has 0 bridgehead atoms. The Hall–Kier alpha value is -3.73. The standard InChI is InChI=1S/C27H26N2O3/c1-2-32-20-15-11-18(12-16-20)28-27(31)24-8-4-7-23-21-5-3-6-22(21)25(29-26(23)24)17-9-13-19(30)14-10-17/h3-5,7-16,21-22,25,29-30H,2,6H2,1H3,(H,28,31). The van der Waals surface area contributed by atoms with Gasteiger partial charge in [0.15, 0.2) is 0 Å². The third kappa shape index (κ3) is 3.71. The van der Waals surface area contributed by atoms with Gasteiger partial charge in [-0.3, -0.25) is 4.79 Å². The van der Waals surface area contributed by atoms with E-state index in [1.54, 1.807) is 12.1 Å². The number of ether oxygens (including phenoxy) is 1. The molecule has 32 heavy (non-hydrogen) atoms. The van der Waals surface area contributed by atoms with Crippen LogP contribution in [0.5, 0.6) is 11.5 Å². The molecule has 0 radical (unpaired) electrons. The van der Waals surface area contributed by atoms with Crippen LogP contribution in [0.4, 0.5) is 11.4 Å². The molecular formula is C27H26N2O3. The van der Waals surface area contributed by atoms with Gasteiger partial charge < -0.3 is 20.5 Å². The summed E-state index contributed by atoms with van der Waals surface area (Å²) in [6.07, 6.45) is 5.46. The van der Waals surface area contributed by atoms with E-state index in [2.05, 4.69) is 28.9 Å². The number of phenols is 1. The highest BCUT2D eigenvalue weighted by Gasteiger charge is 2.39. The fourth-order valence-electron chi connectivity index (χ4n) is 4.82. The second-order valence-electron chi connectivity index (χ2n) is 8.25. The van der Waals surface area contributed by atoms with Crippen LogP contribution in [0, 0.1) is 5.92 Å². The van der Waals surface area contributed by atoms with Gasteiger partial charge in [0.2, 0.25) is 0 Å². The number of para-hydroxylation sites is 1. The Morgan fingerprint density at radius 3 is 2.62 bits per heavy atom. The summed E-state index contributed by atoms with van der Waals surface area (Å²) in [7, 11) is 0. The number of allylic oxidation sites excluding steroid dienone is 2. The van der Waals surface area contributed by atoms with Crippen LogP contribution >= 0.6 is 0 Å². The third-order valence-electron chi connectivity index (χ3n) is 6.32. The molecule has 1 aliphatic carbocycles. The van der Waals surface area contributed by atoms with Gasteiger partial charge in [-0.1, -0.05) is 36.4 Å². The SMILES string of the molecule is CCOc1ccc(NC(=O)c2cccc3c2NC(c2ccc(O)cc2)C2CC=CC32)cc1. The molecule has 0 spiro atoms. The highest BCUT2D eigenvalue weighted by atomic mass is 16.5. The number of fused-ring (bicyclic) bond motifs is 3. The first-order valence-corrected chi connectivity index (χ1v) is 11.0. The largest absolute Gasteiger partial charge is 0.508 e. The number of rotatable bonds is 5. The first kappa shape index (κ1) is 20.2. The highest BCUT2D eigenvalue weighted by molar-refractivity contribution is 6.08. The van der Waals surface area contributed by atoms with Gasteiger partial charge in [0.25, 0.3) is 5.91 Å². The zero-order valence-corrected chi connectivity index (χ0v) is 17.9. The van der Waals surface area contributed by atoms with Gasteiger partial charge in [-0.05, 0) is 72.9 Å². The van der Waals surface area contributed by atoms with E-state index in [1.807, 2.05) is 55.5 Å². The van der Waals surface area contributed by atoms with Crippen molar-refractivity contribution >= 4 is 17.3 Å². The molecule has 3 atom stereocenters. The number of anilines is 2. The lowest BCUT2D eigenvalue weighted by Crippen LogP contribution is -2.30. The van der Waals surface area contributed by atoms with Crippen molar-refractivity contribution in [1.29, 1.82) is 0 Å². The maximum atomic E-state index is 13.2. The van der Waals surface area contributed by atoms with Gasteiger partial charge in [-0.25, -0.2) is 0 Å². The van der Waals surface area contributed by atoms with Crippen molar-refractivity contribution in [2.24, 2.45) is 5.92 Å². The molecule has 5 nitrogen and oxygen atoms in total. The van der Waals surface area contributed by atoms with E-state index in [9.17, 15) is 9.90 Å². The van der Waals surface area contributed by atoms with Crippen LogP contribution in [0.2, 0.25) is 0 Å². The molecule has 3 aromatic rings. The zero-order valence-electron chi connectivity index (χ0n) is 17.9. The molecule has 3 aromatic carbocycles. The van der Waals surface area contributed by atoms with Gasteiger partial charge in [-0.2, -0.15) is 0 Å². The summed E-state index contributed by atoms with van der Waals surface area (Å²) in [6.45, 7) is 2.54. The van der Waals surface area contributed by atoms with E-state index in [4.69, 9.17) is 4.74 Å². The molecule has 2 aliphatic rings. The van der Waals surface area contributed by atoms with E-state index in [-0.39, 0.29) is 23.6 Å². The molecule has 5 rings (SSSR count). The molecule has 1 aliphatic heterocycles. The van der Waals surface area contributed by atoms with Gasteiger partial charge >= 0.3 is 0 Å². The average Bonchev–Trinajstić information content (AvgIpc) is 3.30. The average molecular weight is 427 g/mol. The van der Waals surface area contributed by atoms with Crippen LogP contribution < -0.4 is 15.4 Å². The number of benzene rings is 3. The van der Waals surface area contributed by atoms with Gasteiger partial charge in [0, 0.05) is 11.6 Å². The topological polar surface area (TPSA) is 70.6 Å². The van der Waals surface area contributed by atoms with Crippen LogP contribution in [0.15, 0.2) is 78.9 Å². The quantitative estimate of drug-likeness (QED) is 0.446. The highest BCUT2D eigenvalue weighted by Crippen LogP contribution is 2.50.